The molecule has 0 nitrogen and oxygen atoms in total. The Balaban J connectivity index is 1.78. The van der Waals surface area contributed by atoms with Crippen molar-refractivity contribution in [1.29, 1.82) is 0 Å². The van der Waals surface area contributed by atoms with E-state index in [2.05, 4.69) is 23.8 Å². The average molecular weight is 237 g/mol. The SMILES string of the molecule is CCCCCCCCCCCc1[c]scc1. The second-order valence-corrected chi connectivity index (χ2v) is 5.34. The summed E-state index contributed by atoms with van der Waals surface area (Å²) in [5.41, 5.74) is 1.41. The normalized spacial score (nSPS) is 10.8. The third-order valence-corrected chi connectivity index (χ3v) is 3.73. The van der Waals surface area contributed by atoms with Crippen molar-refractivity contribution in [1.82, 2.24) is 0 Å². The molecule has 1 heterocycles. The first kappa shape index (κ1) is 13.8. The Morgan fingerprint density at radius 3 is 2.12 bits per heavy atom. The van der Waals surface area contributed by atoms with Crippen LogP contribution in [0.4, 0.5) is 0 Å². The van der Waals surface area contributed by atoms with Crippen LogP contribution in [-0.4, -0.2) is 0 Å². The van der Waals surface area contributed by atoms with Crippen LogP contribution in [0.5, 0.6) is 0 Å². The molecular formula is C15H25S. The summed E-state index contributed by atoms with van der Waals surface area (Å²) >= 11 is 1.69. The first-order valence-corrected chi connectivity index (χ1v) is 7.75. The van der Waals surface area contributed by atoms with E-state index in [1.54, 1.807) is 11.3 Å². The highest BCUT2D eigenvalue weighted by Crippen LogP contribution is 2.12. The molecule has 0 unspecified atom stereocenters. The minimum Gasteiger partial charge on any atom is -0.143 e. The molecule has 0 aliphatic heterocycles. The Morgan fingerprint density at radius 1 is 0.938 bits per heavy atom. The fourth-order valence-electron chi connectivity index (χ4n) is 2.02. The zero-order valence-corrected chi connectivity index (χ0v) is 11.5. The summed E-state index contributed by atoms with van der Waals surface area (Å²) in [6.07, 6.45) is 14.0. The monoisotopic (exact) mass is 237 g/mol. The molecule has 0 amide bonds. The Kier molecular flexibility index (Phi) is 8.51. The van der Waals surface area contributed by atoms with Crippen molar-refractivity contribution >= 4 is 11.3 Å². The third-order valence-electron chi connectivity index (χ3n) is 3.08. The molecule has 0 N–H and O–H groups in total. The Labute approximate surface area is 105 Å². The number of aryl methyl sites for hydroxylation is 1. The molecule has 16 heavy (non-hydrogen) atoms. The lowest BCUT2D eigenvalue weighted by atomic mass is 10.1. The van der Waals surface area contributed by atoms with E-state index in [9.17, 15) is 0 Å². The first-order chi connectivity index (χ1) is 7.93. The van der Waals surface area contributed by atoms with Crippen LogP contribution in [0, 0.1) is 5.38 Å². The van der Waals surface area contributed by atoms with Crippen LogP contribution >= 0.6 is 11.3 Å². The molecule has 0 aliphatic carbocycles. The van der Waals surface area contributed by atoms with E-state index in [0.29, 0.717) is 0 Å². The van der Waals surface area contributed by atoms with E-state index in [-0.39, 0.29) is 0 Å². The zero-order valence-electron chi connectivity index (χ0n) is 10.6. The van der Waals surface area contributed by atoms with Gasteiger partial charge in [-0.3, -0.25) is 0 Å². The summed E-state index contributed by atoms with van der Waals surface area (Å²) in [6.45, 7) is 2.28. The highest BCUT2D eigenvalue weighted by Gasteiger charge is 1.95. The lowest BCUT2D eigenvalue weighted by Gasteiger charge is -2.01. The molecule has 0 atom stereocenters. The molecular weight excluding hydrogens is 212 g/mol. The maximum atomic E-state index is 3.30. The molecule has 1 rings (SSSR count). The summed E-state index contributed by atoms with van der Waals surface area (Å²) in [6, 6.07) is 2.20. The molecule has 0 saturated heterocycles. The van der Waals surface area contributed by atoms with Crippen LogP contribution in [0.25, 0.3) is 0 Å². The van der Waals surface area contributed by atoms with Crippen LogP contribution in [0.15, 0.2) is 11.4 Å². The van der Waals surface area contributed by atoms with Crippen molar-refractivity contribution < 1.29 is 0 Å². The molecule has 1 aromatic rings. The van der Waals surface area contributed by atoms with E-state index in [4.69, 9.17) is 0 Å². The van der Waals surface area contributed by atoms with Gasteiger partial charge < -0.3 is 0 Å². The van der Waals surface area contributed by atoms with Crippen molar-refractivity contribution in [3.05, 3.63) is 22.4 Å². The fraction of sp³-hybridized carbons (Fsp3) is 0.733. The number of hydrogen-bond acceptors (Lipinski definition) is 1. The van der Waals surface area contributed by atoms with Gasteiger partial charge in [-0.1, -0.05) is 58.3 Å². The minimum absolute atomic E-state index is 1.24. The largest absolute Gasteiger partial charge is 0.143 e. The van der Waals surface area contributed by atoms with Crippen molar-refractivity contribution in [2.45, 2.75) is 71.1 Å². The van der Waals surface area contributed by atoms with E-state index >= 15 is 0 Å². The van der Waals surface area contributed by atoms with Gasteiger partial charge in [0.2, 0.25) is 0 Å². The molecule has 1 radical (unpaired) electrons. The predicted molar refractivity (Wildman–Crippen MR) is 74.1 cm³/mol. The molecule has 0 aromatic carbocycles. The van der Waals surface area contributed by atoms with Crippen molar-refractivity contribution in [3.63, 3.8) is 0 Å². The number of rotatable bonds is 10. The maximum absolute atomic E-state index is 3.30. The molecule has 0 spiro atoms. The van der Waals surface area contributed by atoms with Crippen LogP contribution in [0.2, 0.25) is 0 Å². The summed E-state index contributed by atoms with van der Waals surface area (Å²) in [5, 5.41) is 5.43. The Hall–Kier alpha value is -0.300. The summed E-state index contributed by atoms with van der Waals surface area (Å²) in [5.74, 6) is 0. The van der Waals surface area contributed by atoms with Gasteiger partial charge in [-0.15, -0.1) is 11.3 Å². The van der Waals surface area contributed by atoms with Gasteiger partial charge in [-0.05, 0) is 29.9 Å². The highest BCUT2D eigenvalue weighted by atomic mass is 32.1. The van der Waals surface area contributed by atoms with Crippen LogP contribution in [0.1, 0.15) is 70.3 Å². The molecule has 0 aliphatic rings. The summed E-state index contributed by atoms with van der Waals surface area (Å²) in [7, 11) is 0. The molecule has 0 fully saturated rings. The van der Waals surface area contributed by atoms with Gasteiger partial charge in [0.05, 0.1) is 0 Å². The highest BCUT2D eigenvalue weighted by molar-refractivity contribution is 7.07. The van der Waals surface area contributed by atoms with Crippen LogP contribution < -0.4 is 0 Å². The Morgan fingerprint density at radius 2 is 1.56 bits per heavy atom. The second kappa shape index (κ2) is 9.89. The number of thiophene rings is 1. The quantitative estimate of drug-likeness (QED) is 0.463. The smallest absolute Gasteiger partial charge is 0.0477 e. The van der Waals surface area contributed by atoms with Crippen LogP contribution in [-0.2, 0) is 6.42 Å². The van der Waals surface area contributed by atoms with Gasteiger partial charge in [0.15, 0.2) is 0 Å². The number of hydrogen-bond donors (Lipinski definition) is 0. The van der Waals surface area contributed by atoms with Gasteiger partial charge in [0.25, 0.3) is 0 Å². The second-order valence-electron chi connectivity index (χ2n) is 4.63. The zero-order chi connectivity index (χ0) is 11.5. The van der Waals surface area contributed by atoms with Gasteiger partial charge >= 0.3 is 0 Å². The lowest BCUT2D eigenvalue weighted by Crippen LogP contribution is -1.84. The summed E-state index contributed by atoms with van der Waals surface area (Å²) < 4.78 is 0. The predicted octanol–water partition coefficient (Wildman–Crippen LogP) is 5.62. The van der Waals surface area contributed by atoms with Crippen LogP contribution in [0.3, 0.4) is 0 Å². The fourth-order valence-corrected chi connectivity index (χ4v) is 2.64. The lowest BCUT2D eigenvalue weighted by molar-refractivity contribution is 0.565. The first-order valence-electron chi connectivity index (χ1n) is 6.87. The minimum atomic E-state index is 1.24. The average Bonchev–Trinajstić information content (AvgIpc) is 2.80. The molecule has 0 saturated carbocycles. The Bertz CT molecular complexity index is 226. The van der Waals surface area contributed by atoms with E-state index in [1.807, 2.05) is 0 Å². The van der Waals surface area contributed by atoms with Gasteiger partial charge in [0, 0.05) is 5.38 Å². The van der Waals surface area contributed by atoms with E-state index < -0.39 is 0 Å². The number of unbranched alkanes of at least 4 members (excludes halogenated alkanes) is 8. The van der Waals surface area contributed by atoms with Crippen molar-refractivity contribution in [2.75, 3.05) is 0 Å². The molecule has 0 bridgehead atoms. The van der Waals surface area contributed by atoms with Gasteiger partial charge in [-0.25, -0.2) is 0 Å². The van der Waals surface area contributed by atoms with Crippen molar-refractivity contribution in [2.24, 2.45) is 0 Å². The van der Waals surface area contributed by atoms with Crippen molar-refractivity contribution in [3.8, 4) is 0 Å². The molecule has 91 valence electrons. The van der Waals surface area contributed by atoms with Gasteiger partial charge in [-0.2, -0.15) is 0 Å². The molecule has 1 heteroatoms. The molecule has 1 aromatic heterocycles. The van der Waals surface area contributed by atoms with E-state index in [1.165, 1.54) is 69.8 Å². The topological polar surface area (TPSA) is 0 Å². The van der Waals surface area contributed by atoms with Gasteiger partial charge in [0.1, 0.15) is 0 Å². The van der Waals surface area contributed by atoms with E-state index in [0.717, 1.165) is 0 Å². The third kappa shape index (κ3) is 7.05. The summed E-state index contributed by atoms with van der Waals surface area (Å²) in [4.78, 5) is 0. The maximum Gasteiger partial charge on any atom is 0.0477 e. The standard InChI is InChI=1S/C15H25S/c1-2-3-4-5-6-7-8-9-10-11-15-12-13-16-14-15/h12-13H,2-11H2,1H3.